The summed E-state index contributed by atoms with van der Waals surface area (Å²) in [6.45, 7) is 7.03. The summed E-state index contributed by atoms with van der Waals surface area (Å²) in [5.74, 6) is 1.85. The van der Waals surface area contributed by atoms with E-state index in [9.17, 15) is 0 Å². The molecule has 192 valence electrons. The fourth-order valence-corrected chi connectivity index (χ4v) is 7.12. The smallest absolute Gasteiger partial charge is 0.132 e. The van der Waals surface area contributed by atoms with Crippen LogP contribution in [0.1, 0.15) is 48.6 Å². The van der Waals surface area contributed by atoms with E-state index in [0.717, 1.165) is 11.5 Å². The fraction of sp³-hybridized carbons (Fsp3) is 0.128. The quantitative estimate of drug-likeness (QED) is 0.223. The molecule has 1 heteroatoms. The van der Waals surface area contributed by atoms with Gasteiger partial charge < -0.3 is 4.74 Å². The highest BCUT2D eigenvalue weighted by Crippen LogP contribution is 2.53. The number of hydrogen-bond acceptors (Lipinski definition) is 1. The van der Waals surface area contributed by atoms with E-state index in [1.165, 1.54) is 60.8 Å². The Kier molecular flexibility index (Phi) is 4.77. The Labute approximate surface area is 235 Å². The molecule has 0 fully saturated rings. The van der Waals surface area contributed by atoms with E-state index in [1.54, 1.807) is 0 Å². The molecule has 0 amide bonds. The summed E-state index contributed by atoms with van der Waals surface area (Å²) in [6.07, 6.45) is 0. The Hall–Kier alpha value is -4.62. The SMILES string of the molecule is CC1(C)c2cc(-c3ccc4c(c3)Oc3ccccc3C4(C)c3ccccc3)ccc2-c2cc3ccccc3cc21. The number of rotatable bonds is 2. The summed E-state index contributed by atoms with van der Waals surface area (Å²) in [6, 6.07) is 46.4. The van der Waals surface area contributed by atoms with Crippen LogP contribution in [0.25, 0.3) is 33.0 Å². The molecule has 0 saturated carbocycles. The second kappa shape index (κ2) is 8.19. The molecule has 2 aliphatic rings. The lowest BCUT2D eigenvalue weighted by Gasteiger charge is -2.38. The molecular weight excluding hydrogens is 484 g/mol. The minimum atomic E-state index is -0.298. The highest BCUT2D eigenvalue weighted by molar-refractivity contribution is 5.94. The molecule has 6 aromatic rings. The van der Waals surface area contributed by atoms with Crippen molar-refractivity contribution in [2.75, 3.05) is 0 Å². The van der Waals surface area contributed by atoms with Crippen LogP contribution in [-0.2, 0) is 10.8 Å². The topological polar surface area (TPSA) is 9.23 Å². The van der Waals surface area contributed by atoms with Crippen molar-refractivity contribution in [2.45, 2.75) is 31.6 Å². The second-order valence-corrected chi connectivity index (χ2v) is 11.9. The van der Waals surface area contributed by atoms with E-state index in [0.29, 0.717) is 0 Å². The van der Waals surface area contributed by atoms with Gasteiger partial charge in [-0.05, 0) is 87.0 Å². The molecule has 1 unspecified atom stereocenters. The summed E-state index contributed by atoms with van der Waals surface area (Å²) in [4.78, 5) is 0. The zero-order valence-corrected chi connectivity index (χ0v) is 23.0. The first kappa shape index (κ1) is 23.3. The third kappa shape index (κ3) is 3.15. The molecule has 1 aliphatic carbocycles. The van der Waals surface area contributed by atoms with E-state index in [1.807, 2.05) is 0 Å². The van der Waals surface area contributed by atoms with Gasteiger partial charge >= 0.3 is 0 Å². The first-order valence-corrected chi connectivity index (χ1v) is 14.1. The van der Waals surface area contributed by atoms with Crippen molar-refractivity contribution >= 4 is 10.8 Å². The normalized spacial score (nSPS) is 17.9. The Morgan fingerprint density at radius 2 is 1.07 bits per heavy atom. The van der Waals surface area contributed by atoms with Gasteiger partial charge in [0, 0.05) is 22.0 Å². The molecule has 8 rings (SSSR count). The minimum absolute atomic E-state index is 0.0692. The molecular formula is C39H30O. The van der Waals surface area contributed by atoms with Gasteiger partial charge in [0.05, 0.1) is 0 Å². The van der Waals surface area contributed by atoms with Crippen molar-refractivity contribution in [1.82, 2.24) is 0 Å². The summed E-state index contributed by atoms with van der Waals surface area (Å²) >= 11 is 0. The van der Waals surface area contributed by atoms with Crippen LogP contribution >= 0.6 is 0 Å². The predicted molar refractivity (Wildman–Crippen MR) is 165 cm³/mol. The van der Waals surface area contributed by atoms with Crippen molar-refractivity contribution in [3.05, 3.63) is 155 Å². The predicted octanol–water partition coefficient (Wildman–Crippen LogP) is 10.3. The van der Waals surface area contributed by atoms with Crippen molar-refractivity contribution < 1.29 is 4.74 Å². The molecule has 0 bridgehead atoms. The monoisotopic (exact) mass is 514 g/mol. The van der Waals surface area contributed by atoms with Crippen LogP contribution in [0.3, 0.4) is 0 Å². The van der Waals surface area contributed by atoms with Gasteiger partial charge in [-0.2, -0.15) is 0 Å². The number of hydrogen-bond donors (Lipinski definition) is 0. The molecule has 1 heterocycles. The third-order valence-corrected chi connectivity index (χ3v) is 9.39. The standard InChI is InChI=1S/C39H30O/c1-38(2)34-23-27(17-19-30(34)31-21-25-11-7-8-12-26(25)22-35(31)38)28-18-20-33-37(24-28)40-36-16-10-9-15-32(36)39(33,3)29-13-5-4-6-14-29/h4-24H,1-3H3. The van der Waals surface area contributed by atoms with Gasteiger partial charge in [-0.25, -0.2) is 0 Å². The maximum atomic E-state index is 6.58. The molecule has 1 nitrogen and oxygen atoms in total. The van der Waals surface area contributed by atoms with Crippen molar-refractivity contribution in [2.24, 2.45) is 0 Å². The Morgan fingerprint density at radius 1 is 0.450 bits per heavy atom. The van der Waals surface area contributed by atoms with Gasteiger partial charge in [-0.15, -0.1) is 0 Å². The van der Waals surface area contributed by atoms with Crippen molar-refractivity contribution in [1.29, 1.82) is 0 Å². The maximum Gasteiger partial charge on any atom is 0.132 e. The van der Waals surface area contributed by atoms with E-state index in [2.05, 4.69) is 148 Å². The highest BCUT2D eigenvalue weighted by atomic mass is 16.5. The lowest BCUT2D eigenvalue weighted by Crippen LogP contribution is -2.29. The van der Waals surface area contributed by atoms with E-state index >= 15 is 0 Å². The van der Waals surface area contributed by atoms with Gasteiger partial charge in [0.1, 0.15) is 11.5 Å². The average molecular weight is 515 g/mol. The first-order chi connectivity index (χ1) is 19.4. The summed E-state index contributed by atoms with van der Waals surface area (Å²) < 4.78 is 6.58. The van der Waals surface area contributed by atoms with Crippen molar-refractivity contribution in [3.63, 3.8) is 0 Å². The zero-order valence-electron chi connectivity index (χ0n) is 23.0. The lowest BCUT2D eigenvalue weighted by molar-refractivity contribution is 0.427. The Balaban J connectivity index is 1.26. The fourth-order valence-electron chi connectivity index (χ4n) is 7.12. The van der Waals surface area contributed by atoms with Crippen LogP contribution in [-0.4, -0.2) is 0 Å². The number of benzene rings is 6. The molecule has 0 radical (unpaired) electrons. The summed E-state index contributed by atoms with van der Waals surface area (Å²) in [5.41, 5.74) is 11.2. The van der Waals surface area contributed by atoms with Gasteiger partial charge in [0.25, 0.3) is 0 Å². The molecule has 0 N–H and O–H groups in total. The Morgan fingerprint density at radius 3 is 1.90 bits per heavy atom. The molecule has 0 aromatic heterocycles. The minimum Gasteiger partial charge on any atom is -0.457 e. The second-order valence-electron chi connectivity index (χ2n) is 11.9. The summed E-state index contributed by atoms with van der Waals surface area (Å²) in [5, 5.41) is 2.60. The zero-order chi connectivity index (χ0) is 27.1. The molecule has 6 aromatic carbocycles. The maximum absolute atomic E-state index is 6.58. The van der Waals surface area contributed by atoms with E-state index < -0.39 is 0 Å². The van der Waals surface area contributed by atoms with Gasteiger partial charge in [0.2, 0.25) is 0 Å². The van der Waals surface area contributed by atoms with Gasteiger partial charge in [-0.3, -0.25) is 0 Å². The number of para-hydroxylation sites is 1. The van der Waals surface area contributed by atoms with Crippen LogP contribution in [0.5, 0.6) is 11.5 Å². The van der Waals surface area contributed by atoms with Crippen molar-refractivity contribution in [3.8, 4) is 33.8 Å². The number of fused-ring (bicyclic) bond motifs is 6. The Bertz CT molecular complexity index is 1960. The van der Waals surface area contributed by atoms with E-state index in [-0.39, 0.29) is 10.8 Å². The average Bonchev–Trinajstić information content (AvgIpc) is 3.21. The van der Waals surface area contributed by atoms with Crippen LogP contribution in [0.2, 0.25) is 0 Å². The molecule has 0 spiro atoms. The van der Waals surface area contributed by atoms with Crippen LogP contribution in [0, 0.1) is 0 Å². The van der Waals surface area contributed by atoms with Gasteiger partial charge in [0.15, 0.2) is 0 Å². The highest BCUT2D eigenvalue weighted by Gasteiger charge is 2.40. The molecule has 1 atom stereocenters. The largest absolute Gasteiger partial charge is 0.457 e. The van der Waals surface area contributed by atoms with Crippen LogP contribution in [0.15, 0.2) is 127 Å². The third-order valence-electron chi connectivity index (χ3n) is 9.39. The van der Waals surface area contributed by atoms with Crippen LogP contribution in [0.4, 0.5) is 0 Å². The molecule has 40 heavy (non-hydrogen) atoms. The first-order valence-electron chi connectivity index (χ1n) is 14.1. The number of ether oxygens (including phenoxy) is 1. The lowest BCUT2D eigenvalue weighted by atomic mass is 9.69. The summed E-state index contributed by atoms with van der Waals surface area (Å²) in [7, 11) is 0. The van der Waals surface area contributed by atoms with E-state index in [4.69, 9.17) is 4.74 Å². The van der Waals surface area contributed by atoms with Crippen LogP contribution < -0.4 is 4.74 Å². The molecule has 1 aliphatic heterocycles. The molecule has 0 saturated heterocycles. The van der Waals surface area contributed by atoms with Gasteiger partial charge in [-0.1, -0.05) is 111 Å².